The number of nitrogens with one attached hydrogen (secondary N) is 1. The molecule has 1 N–H and O–H groups in total. The highest BCUT2D eigenvalue weighted by Gasteiger charge is 2.51. The lowest BCUT2D eigenvalue weighted by molar-refractivity contribution is -0.223. The average Bonchev–Trinajstić information content (AvgIpc) is 2.32. The van der Waals surface area contributed by atoms with Crippen LogP contribution in [0.4, 0.5) is 0 Å². The summed E-state index contributed by atoms with van der Waals surface area (Å²) >= 11 is 0. The van der Waals surface area contributed by atoms with Gasteiger partial charge in [0.1, 0.15) is 6.29 Å². The van der Waals surface area contributed by atoms with Gasteiger partial charge in [-0.3, -0.25) is 0 Å². The number of carbonyl (C=O) groups excluding carboxylic acids is 1. The largest absolute Gasteiger partial charge is 0.310 e. The fourth-order valence-corrected chi connectivity index (χ4v) is 3.00. The molecular formula is C12H24N2O2. The van der Waals surface area contributed by atoms with Crippen LogP contribution >= 0.6 is 0 Å². The van der Waals surface area contributed by atoms with Gasteiger partial charge in [0.05, 0.1) is 13.7 Å². The summed E-state index contributed by atoms with van der Waals surface area (Å²) in [5.74, 6) is 0.488. The van der Waals surface area contributed by atoms with Crippen molar-refractivity contribution in [3.8, 4) is 0 Å². The second-order valence-electron chi connectivity index (χ2n) is 5.67. The molecular weight excluding hydrogens is 204 g/mol. The summed E-state index contributed by atoms with van der Waals surface area (Å²) in [4.78, 5) is 15.8. The van der Waals surface area contributed by atoms with Crippen LogP contribution in [0.3, 0.4) is 0 Å². The van der Waals surface area contributed by atoms with Gasteiger partial charge in [-0.15, -0.1) is 0 Å². The minimum absolute atomic E-state index is 0.00582. The zero-order valence-corrected chi connectivity index (χ0v) is 11.0. The van der Waals surface area contributed by atoms with Crippen molar-refractivity contribution in [2.75, 3.05) is 20.2 Å². The highest BCUT2D eigenvalue weighted by molar-refractivity contribution is 5.51. The van der Waals surface area contributed by atoms with Crippen LogP contribution in [0.2, 0.25) is 0 Å². The molecule has 0 radical (unpaired) electrons. The van der Waals surface area contributed by atoms with Crippen LogP contribution in [0.15, 0.2) is 0 Å². The van der Waals surface area contributed by atoms with Crippen molar-refractivity contribution in [3.05, 3.63) is 0 Å². The summed E-state index contributed by atoms with van der Waals surface area (Å²) in [6.45, 7) is 10.1. The minimum Gasteiger partial charge on any atom is -0.310 e. The lowest BCUT2D eigenvalue weighted by atomic mass is 9.87. The van der Waals surface area contributed by atoms with Gasteiger partial charge in [-0.1, -0.05) is 0 Å². The molecule has 0 bridgehead atoms. The van der Waals surface area contributed by atoms with E-state index in [2.05, 4.69) is 38.1 Å². The van der Waals surface area contributed by atoms with Gasteiger partial charge in [0.2, 0.25) is 0 Å². The Labute approximate surface area is 98.3 Å². The Kier molecular flexibility index (Phi) is 4.10. The molecule has 1 rings (SSSR count). The number of aldehydes is 1. The van der Waals surface area contributed by atoms with E-state index in [0.29, 0.717) is 12.5 Å². The summed E-state index contributed by atoms with van der Waals surface area (Å²) in [7, 11) is 1.73. The first-order valence-corrected chi connectivity index (χ1v) is 5.85. The van der Waals surface area contributed by atoms with Gasteiger partial charge in [-0.25, -0.2) is 0 Å². The van der Waals surface area contributed by atoms with Crippen LogP contribution < -0.4 is 5.32 Å². The molecule has 0 spiro atoms. The average molecular weight is 228 g/mol. The third kappa shape index (κ3) is 2.44. The van der Waals surface area contributed by atoms with E-state index in [1.54, 1.807) is 7.11 Å². The number of nitrogens with zero attached hydrogens (tertiary/aromatic N) is 1. The fraction of sp³-hybridized carbons (Fsp3) is 0.917. The standard InChI is InChI=1S/C12H24N2O2/c1-11(2)8-10(9-13-6-7-15)12(3,4)14(11)16-5/h7,10,13H,6,8-9H2,1-5H3. The molecule has 94 valence electrons. The Morgan fingerprint density at radius 2 is 2.06 bits per heavy atom. The van der Waals surface area contributed by atoms with Crippen molar-refractivity contribution >= 4 is 6.29 Å². The lowest BCUT2D eigenvalue weighted by Crippen LogP contribution is -2.49. The van der Waals surface area contributed by atoms with E-state index in [1.165, 1.54) is 0 Å². The minimum atomic E-state index is -0.00582. The van der Waals surface area contributed by atoms with Gasteiger partial charge in [0, 0.05) is 17.6 Å². The van der Waals surface area contributed by atoms with E-state index in [1.807, 2.05) is 0 Å². The summed E-state index contributed by atoms with van der Waals surface area (Å²) < 4.78 is 0. The number of carbonyl (C=O) groups is 1. The summed E-state index contributed by atoms with van der Waals surface area (Å²) in [5, 5.41) is 5.24. The normalized spacial score (nSPS) is 28.2. The number of hydroxylamine groups is 2. The van der Waals surface area contributed by atoms with E-state index in [9.17, 15) is 4.79 Å². The van der Waals surface area contributed by atoms with Crippen molar-refractivity contribution in [1.82, 2.24) is 10.4 Å². The van der Waals surface area contributed by atoms with Gasteiger partial charge in [-0.2, -0.15) is 5.06 Å². The van der Waals surface area contributed by atoms with Crippen LogP contribution in [-0.4, -0.2) is 42.6 Å². The van der Waals surface area contributed by atoms with Crippen molar-refractivity contribution in [2.45, 2.75) is 45.2 Å². The highest BCUT2D eigenvalue weighted by Crippen LogP contribution is 2.44. The van der Waals surface area contributed by atoms with Gasteiger partial charge in [0.15, 0.2) is 0 Å². The molecule has 16 heavy (non-hydrogen) atoms. The maximum absolute atomic E-state index is 10.3. The third-order valence-corrected chi connectivity index (χ3v) is 3.62. The molecule has 0 aromatic heterocycles. The van der Waals surface area contributed by atoms with Crippen LogP contribution in [0.25, 0.3) is 0 Å². The van der Waals surface area contributed by atoms with Crippen LogP contribution in [0.1, 0.15) is 34.1 Å². The number of rotatable bonds is 5. The molecule has 0 saturated carbocycles. The van der Waals surface area contributed by atoms with Crippen molar-refractivity contribution in [2.24, 2.45) is 5.92 Å². The van der Waals surface area contributed by atoms with E-state index in [0.717, 1.165) is 19.3 Å². The Hall–Kier alpha value is -0.450. The molecule has 4 nitrogen and oxygen atoms in total. The molecule has 1 aliphatic heterocycles. The number of hydrogen-bond acceptors (Lipinski definition) is 4. The van der Waals surface area contributed by atoms with Gasteiger partial charge in [0.25, 0.3) is 0 Å². The van der Waals surface area contributed by atoms with Crippen LogP contribution in [0.5, 0.6) is 0 Å². The predicted molar refractivity (Wildman–Crippen MR) is 64.0 cm³/mol. The maximum Gasteiger partial charge on any atom is 0.133 e. The van der Waals surface area contributed by atoms with Crippen LogP contribution in [-0.2, 0) is 9.63 Å². The first-order valence-electron chi connectivity index (χ1n) is 5.85. The van der Waals surface area contributed by atoms with Crippen molar-refractivity contribution in [3.63, 3.8) is 0 Å². The summed E-state index contributed by atoms with van der Waals surface area (Å²) in [5.41, 5.74) is 0.0416. The summed E-state index contributed by atoms with van der Waals surface area (Å²) in [6.07, 6.45) is 1.97. The van der Waals surface area contributed by atoms with E-state index in [-0.39, 0.29) is 11.1 Å². The molecule has 1 heterocycles. The molecule has 4 heteroatoms. The van der Waals surface area contributed by atoms with E-state index >= 15 is 0 Å². The SMILES string of the molecule is CON1C(C)(C)CC(CNCC=O)C1(C)C. The molecule has 1 fully saturated rings. The van der Waals surface area contributed by atoms with E-state index in [4.69, 9.17) is 4.84 Å². The Balaban J connectivity index is 2.70. The smallest absolute Gasteiger partial charge is 0.133 e. The third-order valence-electron chi connectivity index (χ3n) is 3.62. The maximum atomic E-state index is 10.3. The molecule has 0 aromatic rings. The topological polar surface area (TPSA) is 41.6 Å². The van der Waals surface area contributed by atoms with Crippen molar-refractivity contribution < 1.29 is 9.63 Å². The fourth-order valence-electron chi connectivity index (χ4n) is 3.00. The molecule has 1 atom stereocenters. The molecule has 1 aliphatic rings. The highest BCUT2D eigenvalue weighted by atomic mass is 16.7. The zero-order valence-electron chi connectivity index (χ0n) is 11.0. The van der Waals surface area contributed by atoms with Crippen molar-refractivity contribution in [1.29, 1.82) is 0 Å². The summed E-state index contributed by atoms with van der Waals surface area (Å²) in [6, 6.07) is 0. The number of hydrogen-bond donors (Lipinski definition) is 1. The molecule has 0 amide bonds. The Morgan fingerprint density at radius 1 is 1.44 bits per heavy atom. The second kappa shape index (κ2) is 4.82. The van der Waals surface area contributed by atoms with Gasteiger partial charge in [-0.05, 0) is 40.0 Å². The van der Waals surface area contributed by atoms with E-state index < -0.39 is 0 Å². The second-order valence-corrected chi connectivity index (χ2v) is 5.67. The molecule has 0 aliphatic carbocycles. The quantitative estimate of drug-likeness (QED) is 0.567. The molecule has 1 saturated heterocycles. The molecule has 0 aromatic carbocycles. The van der Waals surface area contributed by atoms with Gasteiger partial charge >= 0.3 is 0 Å². The molecule has 1 unspecified atom stereocenters. The Morgan fingerprint density at radius 3 is 2.50 bits per heavy atom. The van der Waals surface area contributed by atoms with Crippen LogP contribution in [0, 0.1) is 5.92 Å². The van der Waals surface area contributed by atoms with Gasteiger partial charge < -0.3 is 14.9 Å². The Bertz CT molecular complexity index is 251. The zero-order chi connectivity index (χ0) is 12.4. The first-order chi connectivity index (χ1) is 7.36. The monoisotopic (exact) mass is 228 g/mol. The predicted octanol–water partition coefficient (Wildman–Crippen LogP) is 1.22. The lowest BCUT2D eigenvalue weighted by Gasteiger charge is -2.39. The first kappa shape index (κ1) is 13.6.